The van der Waals surface area contributed by atoms with Crippen LogP contribution in [0.1, 0.15) is 28.7 Å². The van der Waals surface area contributed by atoms with Crippen molar-refractivity contribution in [3.63, 3.8) is 0 Å². The monoisotopic (exact) mass is 490 g/mol. The van der Waals surface area contributed by atoms with Gasteiger partial charge in [-0.25, -0.2) is 4.79 Å². The van der Waals surface area contributed by atoms with Gasteiger partial charge in [0.15, 0.2) is 4.34 Å². The maximum atomic E-state index is 13.2. The Bertz CT molecular complexity index is 1330. The lowest BCUT2D eigenvalue weighted by atomic mass is 9.92. The van der Waals surface area contributed by atoms with E-state index in [-0.39, 0.29) is 0 Å². The molecule has 5 rings (SSSR count). The Morgan fingerprint density at radius 2 is 2.00 bits per heavy atom. The number of urea groups is 1. The summed E-state index contributed by atoms with van der Waals surface area (Å²) in [6.45, 7) is -0.401. The molecule has 4 amide bonds. The molecule has 3 aromatic rings. The lowest BCUT2D eigenvalue weighted by Crippen LogP contribution is -2.42. The third-order valence-corrected chi connectivity index (χ3v) is 7.87. The molecule has 170 valence electrons. The third kappa shape index (κ3) is 4.02. The number of nitriles is 1. The average molecular weight is 491 g/mol. The number of imide groups is 1. The first-order chi connectivity index (χ1) is 16.5. The van der Waals surface area contributed by atoms with Gasteiger partial charge in [0.2, 0.25) is 11.0 Å². The van der Waals surface area contributed by atoms with E-state index in [4.69, 9.17) is 5.26 Å². The van der Waals surface area contributed by atoms with Gasteiger partial charge >= 0.3 is 6.03 Å². The number of benzene rings is 2. The number of rotatable bonds is 6. The number of thioether (sulfide) groups is 1. The number of anilines is 1. The van der Waals surface area contributed by atoms with Crippen LogP contribution in [0.15, 0.2) is 52.9 Å². The van der Waals surface area contributed by atoms with E-state index in [0.717, 1.165) is 21.6 Å². The summed E-state index contributed by atoms with van der Waals surface area (Å²) in [5.74, 6) is -0.291. The Kier molecular flexibility index (Phi) is 5.77. The van der Waals surface area contributed by atoms with Crippen molar-refractivity contribution in [3.8, 4) is 6.07 Å². The first kappa shape index (κ1) is 22.1. The Balaban J connectivity index is 1.19. The number of amides is 4. The Hall–Kier alpha value is -3.75. The van der Waals surface area contributed by atoms with Gasteiger partial charge in [0.25, 0.3) is 5.91 Å². The molecule has 1 fully saturated rings. The number of carbonyl (C=O) groups excluding carboxylic acids is 3. The predicted molar refractivity (Wildman–Crippen MR) is 126 cm³/mol. The van der Waals surface area contributed by atoms with Gasteiger partial charge in [-0.15, -0.1) is 10.2 Å². The fourth-order valence-electron chi connectivity index (χ4n) is 4.17. The van der Waals surface area contributed by atoms with E-state index in [1.807, 2.05) is 36.4 Å². The molecule has 1 aromatic heterocycles. The lowest BCUT2D eigenvalue weighted by molar-refractivity contribution is -0.134. The summed E-state index contributed by atoms with van der Waals surface area (Å²) in [6.07, 6.45) is 1.17. The van der Waals surface area contributed by atoms with Gasteiger partial charge in [-0.05, 0) is 41.7 Å². The van der Waals surface area contributed by atoms with Gasteiger partial charge in [-0.1, -0.05) is 59.5 Å². The molecule has 2 N–H and O–H groups in total. The normalized spacial score (nSPS) is 18.6. The van der Waals surface area contributed by atoms with Crippen LogP contribution in [-0.4, -0.2) is 39.5 Å². The molecule has 1 aliphatic heterocycles. The number of fused-ring (bicyclic) bond motifs is 2. The second-order valence-electron chi connectivity index (χ2n) is 7.90. The average Bonchev–Trinajstić information content (AvgIpc) is 3.52. The molecular weight excluding hydrogens is 472 g/mol. The van der Waals surface area contributed by atoms with Gasteiger partial charge in [0, 0.05) is 5.75 Å². The number of aryl methyl sites for hydroxylation is 1. The van der Waals surface area contributed by atoms with Crippen molar-refractivity contribution in [3.05, 3.63) is 70.8 Å². The standard InChI is InChI=1S/C23H18N6O3S2/c24-11-14-5-7-15(8-6-14)13-33-22-28-27-20(34-22)25-18(30)12-29-19(31)23(26-21(29)32)10-9-16-3-1-2-4-17(16)23/h1-8H,9-10,12-13H2,(H,26,32)(H,25,27,30). The second kappa shape index (κ2) is 8.89. The first-order valence-electron chi connectivity index (χ1n) is 10.5. The number of hydrogen-bond acceptors (Lipinski definition) is 8. The lowest BCUT2D eigenvalue weighted by Gasteiger charge is -2.22. The predicted octanol–water partition coefficient (Wildman–Crippen LogP) is 3.03. The highest BCUT2D eigenvalue weighted by Crippen LogP contribution is 2.41. The zero-order valence-electron chi connectivity index (χ0n) is 17.8. The van der Waals surface area contributed by atoms with Crippen LogP contribution in [-0.2, 0) is 27.3 Å². The molecule has 0 saturated carbocycles. The number of nitrogens with one attached hydrogen (secondary N) is 2. The molecule has 9 nitrogen and oxygen atoms in total. The first-order valence-corrected chi connectivity index (χ1v) is 12.3. The van der Waals surface area contributed by atoms with Crippen molar-refractivity contribution in [1.82, 2.24) is 20.4 Å². The van der Waals surface area contributed by atoms with Crippen molar-refractivity contribution in [2.45, 2.75) is 28.5 Å². The van der Waals surface area contributed by atoms with Gasteiger partial charge in [0.05, 0.1) is 11.6 Å². The van der Waals surface area contributed by atoms with Gasteiger partial charge in [-0.2, -0.15) is 5.26 Å². The fraction of sp³-hybridized carbons (Fsp3) is 0.217. The van der Waals surface area contributed by atoms with Crippen molar-refractivity contribution < 1.29 is 14.4 Å². The summed E-state index contributed by atoms with van der Waals surface area (Å²) in [4.78, 5) is 39.3. The number of hydrogen-bond donors (Lipinski definition) is 2. The molecular formula is C23H18N6O3S2. The molecule has 1 atom stereocenters. The Labute approximate surface area is 203 Å². The van der Waals surface area contributed by atoms with Gasteiger partial charge < -0.3 is 5.32 Å². The van der Waals surface area contributed by atoms with Crippen molar-refractivity contribution in [2.24, 2.45) is 0 Å². The molecule has 1 aliphatic carbocycles. The smallest absolute Gasteiger partial charge is 0.319 e. The summed E-state index contributed by atoms with van der Waals surface area (Å²) in [5.41, 5.74) is 2.37. The minimum atomic E-state index is -1.09. The van der Waals surface area contributed by atoms with Crippen LogP contribution in [0.2, 0.25) is 0 Å². The van der Waals surface area contributed by atoms with E-state index in [2.05, 4.69) is 26.9 Å². The van der Waals surface area contributed by atoms with Crippen LogP contribution >= 0.6 is 23.1 Å². The zero-order valence-corrected chi connectivity index (χ0v) is 19.4. The van der Waals surface area contributed by atoms with E-state index in [9.17, 15) is 14.4 Å². The van der Waals surface area contributed by atoms with E-state index in [1.54, 1.807) is 12.1 Å². The van der Waals surface area contributed by atoms with Crippen LogP contribution in [0, 0.1) is 11.3 Å². The van der Waals surface area contributed by atoms with Crippen molar-refractivity contribution >= 4 is 46.1 Å². The Morgan fingerprint density at radius 3 is 2.79 bits per heavy atom. The van der Waals surface area contributed by atoms with E-state index in [0.29, 0.717) is 33.6 Å². The summed E-state index contributed by atoms with van der Waals surface area (Å²) >= 11 is 2.67. The molecule has 2 heterocycles. The maximum absolute atomic E-state index is 13.2. The zero-order chi connectivity index (χ0) is 23.7. The number of carbonyl (C=O) groups is 3. The van der Waals surface area contributed by atoms with Crippen LogP contribution in [0.3, 0.4) is 0 Å². The highest BCUT2D eigenvalue weighted by molar-refractivity contribution is 8.00. The highest BCUT2D eigenvalue weighted by atomic mass is 32.2. The molecule has 1 unspecified atom stereocenters. The molecule has 34 heavy (non-hydrogen) atoms. The van der Waals surface area contributed by atoms with Gasteiger partial charge in [0.1, 0.15) is 12.1 Å². The summed E-state index contributed by atoms with van der Waals surface area (Å²) < 4.78 is 0.663. The largest absolute Gasteiger partial charge is 0.325 e. The molecule has 11 heteroatoms. The van der Waals surface area contributed by atoms with Crippen LogP contribution in [0.5, 0.6) is 0 Å². The van der Waals surface area contributed by atoms with Crippen molar-refractivity contribution in [2.75, 3.05) is 11.9 Å². The topological polar surface area (TPSA) is 128 Å². The van der Waals surface area contributed by atoms with Crippen LogP contribution in [0.4, 0.5) is 9.93 Å². The summed E-state index contributed by atoms with van der Waals surface area (Å²) in [5, 5.41) is 22.6. The van der Waals surface area contributed by atoms with Crippen LogP contribution in [0.25, 0.3) is 0 Å². The number of nitrogens with zero attached hydrogens (tertiary/aromatic N) is 4. The van der Waals surface area contributed by atoms with Crippen LogP contribution < -0.4 is 10.6 Å². The molecule has 0 bridgehead atoms. The Morgan fingerprint density at radius 1 is 1.21 bits per heavy atom. The van der Waals surface area contributed by atoms with E-state index in [1.165, 1.54) is 23.1 Å². The minimum absolute atomic E-state index is 0.292. The van der Waals surface area contributed by atoms with E-state index < -0.39 is 29.9 Å². The summed E-state index contributed by atoms with van der Waals surface area (Å²) in [7, 11) is 0. The molecule has 1 spiro atoms. The summed E-state index contributed by atoms with van der Waals surface area (Å²) in [6, 6.07) is 16.3. The molecule has 1 saturated heterocycles. The maximum Gasteiger partial charge on any atom is 0.325 e. The quantitative estimate of drug-likeness (QED) is 0.309. The molecule has 2 aromatic carbocycles. The fourth-order valence-corrected chi connectivity index (χ4v) is 5.90. The van der Waals surface area contributed by atoms with E-state index >= 15 is 0 Å². The van der Waals surface area contributed by atoms with Gasteiger partial charge in [-0.3, -0.25) is 19.8 Å². The number of aromatic nitrogens is 2. The van der Waals surface area contributed by atoms with Crippen molar-refractivity contribution in [1.29, 1.82) is 5.26 Å². The third-order valence-electron chi connectivity index (χ3n) is 5.82. The molecule has 2 aliphatic rings. The molecule has 0 radical (unpaired) electrons. The second-order valence-corrected chi connectivity index (χ2v) is 10.1. The minimum Gasteiger partial charge on any atom is -0.319 e. The SMILES string of the molecule is N#Cc1ccc(CSc2nnc(NC(=O)CN3C(=O)NC4(CCc5ccccc54)C3=O)s2)cc1. The highest BCUT2D eigenvalue weighted by Gasteiger charge is 2.55.